The smallest absolute Gasteiger partial charge is 0.232 e. The fraction of sp³-hybridized carbons (Fsp3) is 0.304. The van der Waals surface area contributed by atoms with Crippen molar-refractivity contribution in [2.45, 2.75) is 18.9 Å². The van der Waals surface area contributed by atoms with E-state index in [1.807, 2.05) is 0 Å². The number of hydrogen-bond acceptors (Lipinski definition) is 9. The third-order valence-electron chi connectivity index (χ3n) is 5.84. The van der Waals surface area contributed by atoms with Crippen molar-refractivity contribution in [1.29, 1.82) is 0 Å². The monoisotopic (exact) mass is 496 g/mol. The number of methoxy groups -OCH3 is 2. The molecule has 186 valence electrons. The van der Waals surface area contributed by atoms with Gasteiger partial charge in [0.15, 0.2) is 28.8 Å². The van der Waals surface area contributed by atoms with E-state index in [2.05, 4.69) is 30.4 Å². The Hall–Kier alpha value is -4.42. The van der Waals surface area contributed by atoms with Gasteiger partial charge in [0.1, 0.15) is 11.2 Å². The predicted molar refractivity (Wildman–Crippen MR) is 125 cm³/mol. The van der Waals surface area contributed by atoms with Crippen LogP contribution in [0.2, 0.25) is 0 Å². The van der Waals surface area contributed by atoms with Gasteiger partial charge in [0.25, 0.3) is 0 Å². The van der Waals surface area contributed by atoms with Gasteiger partial charge in [-0.3, -0.25) is 9.48 Å². The van der Waals surface area contributed by atoms with Crippen molar-refractivity contribution in [1.82, 2.24) is 35.0 Å². The first-order valence-corrected chi connectivity index (χ1v) is 11.0. The van der Waals surface area contributed by atoms with Crippen molar-refractivity contribution in [2.24, 2.45) is 7.05 Å². The van der Waals surface area contributed by atoms with Crippen LogP contribution in [0.1, 0.15) is 12.8 Å². The van der Waals surface area contributed by atoms with Crippen molar-refractivity contribution in [3.63, 3.8) is 0 Å². The summed E-state index contributed by atoms with van der Waals surface area (Å²) >= 11 is 0. The van der Waals surface area contributed by atoms with E-state index < -0.39 is 17.3 Å². The first-order valence-electron chi connectivity index (χ1n) is 11.0. The van der Waals surface area contributed by atoms with E-state index in [-0.39, 0.29) is 41.6 Å². The van der Waals surface area contributed by atoms with Crippen molar-refractivity contribution in [2.75, 3.05) is 25.7 Å². The molecule has 4 heterocycles. The van der Waals surface area contributed by atoms with Crippen LogP contribution in [0, 0.1) is 11.6 Å². The second kappa shape index (κ2) is 9.32. The van der Waals surface area contributed by atoms with E-state index in [0.717, 1.165) is 11.6 Å². The number of aromatic nitrogens is 6. The maximum absolute atomic E-state index is 15.5. The molecule has 1 saturated heterocycles. The number of nitrogens with one attached hydrogen (secondary N) is 1. The second-order valence-corrected chi connectivity index (χ2v) is 8.21. The Morgan fingerprint density at radius 2 is 1.86 bits per heavy atom. The van der Waals surface area contributed by atoms with Crippen LogP contribution in [0.4, 0.5) is 20.4 Å². The van der Waals surface area contributed by atoms with Crippen LogP contribution in [-0.4, -0.2) is 62.4 Å². The molecule has 3 aromatic heterocycles. The Morgan fingerprint density at radius 3 is 2.47 bits per heavy atom. The maximum atomic E-state index is 15.5. The van der Waals surface area contributed by atoms with Crippen molar-refractivity contribution < 1.29 is 23.0 Å². The minimum Gasteiger partial charge on any atom is -0.493 e. The van der Waals surface area contributed by atoms with E-state index in [1.165, 1.54) is 25.3 Å². The van der Waals surface area contributed by atoms with Gasteiger partial charge >= 0.3 is 0 Å². The Labute approximate surface area is 204 Å². The molecule has 1 N–H and O–H groups in total. The fourth-order valence-electron chi connectivity index (χ4n) is 4.04. The van der Waals surface area contributed by atoms with Gasteiger partial charge in [-0.05, 0) is 6.42 Å². The number of carbonyl (C=O) groups excluding carboxylic acids is 1. The van der Waals surface area contributed by atoms with Gasteiger partial charge in [-0.1, -0.05) is 0 Å². The Balaban J connectivity index is 1.65. The SMILES string of the molecule is COc1cc(OC)c(F)c(N(C[C@H]2CCC(=O)N2)c2ncc3ncc(-c4cnn(C)c4)nc3n2)c1F. The van der Waals surface area contributed by atoms with Crippen LogP contribution in [0.25, 0.3) is 22.4 Å². The van der Waals surface area contributed by atoms with Crippen LogP contribution in [-0.2, 0) is 11.8 Å². The average molecular weight is 496 g/mol. The summed E-state index contributed by atoms with van der Waals surface area (Å²) in [4.78, 5) is 30.8. The summed E-state index contributed by atoms with van der Waals surface area (Å²) in [6.07, 6.45) is 7.20. The van der Waals surface area contributed by atoms with E-state index in [0.29, 0.717) is 24.1 Å². The van der Waals surface area contributed by atoms with Crippen LogP contribution < -0.4 is 19.7 Å². The zero-order valence-electron chi connectivity index (χ0n) is 19.7. The summed E-state index contributed by atoms with van der Waals surface area (Å²) in [6.45, 7) is -0.00284. The van der Waals surface area contributed by atoms with E-state index >= 15 is 8.78 Å². The zero-order chi connectivity index (χ0) is 25.4. The summed E-state index contributed by atoms with van der Waals surface area (Å²) in [7, 11) is 4.32. The first-order chi connectivity index (χ1) is 17.4. The van der Waals surface area contributed by atoms with Gasteiger partial charge in [-0.2, -0.15) is 10.1 Å². The number of carbonyl (C=O) groups is 1. The number of ether oxygens (including phenoxy) is 2. The molecule has 1 aliphatic heterocycles. The molecule has 0 spiro atoms. The van der Waals surface area contributed by atoms with Gasteiger partial charge in [-0.15, -0.1) is 0 Å². The number of nitrogens with zero attached hydrogens (tertiary/aromatic N) is 7. The summed E-state index contributed by atoms with van der Waals surface area (Å²) in [6, 6.07) is 0.733. The predicted octanol–water partition coefficient (Wildman–Crippen LogP) is 2.53. The number of anilines is 2. The van der Waals surface area contributed by atoms with E-state index in [1.54, 1.807) is 30.3 Å². The number of hydrogen-bond donors (Lipinski definition) is 1. The lowest BCUT2D eigenvalue weighted by atomic mass is 10.1. The third-order valence-corrected chi connectivity index (χ3v) is 5.84. The van der Waals surface area contributed by atoms with Gasteiger partial charge in [0.05, 0.1) is 38.5 Å². The number of benzene rings is 1. The Morgan fingerprint density at radius 1 is 1.11 bits per heavy atom. The normalized spacial score (nSPS) is 15.2. The number of amides is 1. The zero-order valence-corrected chi connectivity index (χ0v) is 19.7. The maximum Gasteiger partial charge on any atom is 0.232 e. The minimum absolute atomic E-state index is 0.00284. The second-order valence-electron chi connectivity index (χ2n) is 8.21. The lowest BCUT2D eigenvalue weighted by Crippen LogP contribution is -2.38. The molecule has 5 rings (SSSR count). The topological polar surface area (TPSA) is 120 Å². The molecule has 1 amide bonds. The molecule has 11 nitrogen and oxygen atoms in total. The van der Waals surface area contributed by atoms with Crippen LogP contribution in [0.5, 0.6) is 11.5 Å². The van der Waals surface area contributed by atoms with Gasteiger partial charge in [-0.25, -0.2) is 23.7 Å². The summed E-state index contributed by atoms with van der Waals surface area (Å²) in [5, 5.41) is 6.95. The van der Waals surface area contributed by atoms with Crippen LogP contribution in [0.3, 0.4) is 0 Å². The highest BCUT2D eigenvalue weighted by molar-refractivity contribution is 5.79. The standard InChI is InChI=1S/C23H22F2N8O3/c1-32-10-12(7-28-32)14-8-26-15-9-27-23(31-22(15)30-14)33(11-13-4-5-18(34)29-13)21-19(24)16(35-2)6-17(36-3)20(21)25/h6-10,13H,4-5,11H2,1-3H3,(H,29,34)/t13-/m1/s1. The molecule has 0 radical (unpaired) electrons. The lowest BCUT2D eigenvalue weighted by Gasteiger charge is -2.27. The lowest BCUT2D eigenvalue weighted by molar-refractivity contribution is -0.119. The fourth-order valence-corrected chi connectivity index (χ4v) is 4.04. The number of rotatable bonds is 7. The third kappa shape index (κ3) is 4.23. The molecular weight excluding hydrogens is 474 g/mol. The van der Waals surface area contributed by atoms with Gasteiger partial charge in [0.2, 0.25) is 11.9 Å². The molecular formula is C23H22F2N8O3. The minimum atomic E-state index is -0.959. The number of halogens is 2. The Kier molecular flexibility index (Phi) is 6.04. The molecule has 0 aliphatic carbocycles. The van der Waals surface area contributed by atoms with E-state index in [9.17, 15) is 4.79 Å². The molecule has 0 saturated carbocycles. The molecule has 1 atom stereocenters. The molecule has 1 fully saturated rings. The molecule has 36 heavy (non-hydrogen) atoms. The Bertz CT molecular complexity index is 1430. The highest BCUT2D eigenvalue weighted by Crippen LogP contribution is 2.39. The van der Waals surface area contributed by atoms with E-state index in [4.69, 9.17) is 9.47 Å². The largest absolute Gasteiger partial charge is 0.493 e. The highest BCUT2D eigenvalue weighted by atomic mass is 19.1. The molecule has 0 bridgehead atoms. The van der Waals surface area contributed by atoms with Crippen molar-refractivity contribution in [3.8, 4) is 22.8 Å². The van der Waals surface area contributed by atoms with Gasteiger partial charge < -0.3 is 19.7 Å². The average Bonchev–Trinajstić information content (AvgIpc) is 3.50. The summed E-state index contributed by atoms with van der Waals surface area (Å²) < 4.78 is 42.8. The van der Waals surface area contributed by atoms with Crippen LogP contribution >= 0.6 is 0 Å². The highest BCUT2D eigenvalue weighted by Gasteiger charge is 2.31. The quantitative estimate of drug-likeness (QED) is 0.411. The van der Waals surface area contributed by atoms with Crippen LogP contribution in [0.15, 0.2) is 30.9 Å². The summed E-state index contributed by atoms with van der Waals surface area (Å²) in [5.41, 5.74) is 1.40. The first kappa shape index (κ1) is 23.3. The molecule has 1 aromatic carbocycles. The van der Waals surface area contributed by atoms with Gasteiger partial charge in [0, 0.05) is 43.9 Å². The number of fused-ring (bicyclic) bond motifs is 1. The molecule has 0 unspecified atom stereocenters. The summed E-state index contributed by atoms with van der Waals surface area (Å²) in [5.74, 6) is -2.53. The molecule has 4 aromatic rings. The number of aryl methyl sites for hydroxylation is 1. The molecule has 13 heteroatoms. The van der Waals surface area contributed by atoms with Crippen molar-refractivity contribution in [3.05, 3.63) is 42.5 Å². The van der Waals surface area contributed by atoms with Crippen molar-refractivity contribution >= 4 is 28.7 Å². The molecule has 1 aliphatic rings.